The van der Waals surface area contributed by atoms with Crippen LogP contribution in [0.3, 0.4) is 0 Å². The third kappa shape index (κ3) is 5.83. The highest BCUT2D eigenvalue weighted by Gasteiger charge is 2.16. The smallest absolute Gasteiger partial charge is 0.321 e. The molecule has 1 aromatic carbocycles. The number of rotatable bonds is 9. The molecule has 162 valence electrons. The molecular formula is C22H24N4O3S2. The summed E-state index contributed by atoms with van der Waals surface area (Å²) < 4.78 is 1.50. The third-order valence-corrected chi connectivity index (χ3v) is 6.44. The standard InChI is InChI=1S/C22H24N4O3S2/c1-3-5-11-23-21(29)24-18(27)14-30-22-25-19-16(20(28)26(22)12-4-2)13-17(31-19)15-9-7-6-8-10-15/h4,6-10,13H,2-3,5,11-12,14H2,1H3,(H2,23,24,27,29). The van der Waals surface area contributed by atoms with Gasteiger partial charge in [0.1, 0.15) is 4.83 Å². The summed E-state index contributed by atoms with van der Waals surface area (Å²) in [4.78, 5) is 43.1. The van der Waals surface area contributed by atoms with Crippen LogP contribution in [0.4, 0.5) is 4.79 Å². The summed E-state index contributed by atoms with van der Waals surface area (Å²) in [5.41, 5.74) is 0.839. The van der Waals surface area contributed by atoms with Crippen LogP contribution in [0, 0.1) is 0 Å². The second kappa shape index (κ2) is 10.9. The van der Waals surface area contributed by atoms with Gasteiger partial charge >= 0.3 is 6.03 Å². The zero-order valence-electron chi connectivity index (χ0n) is 17.2. The predicted molar refractivity (Wildman–Crippen MR) is 127 cm³/mol. The number of nitrogens with one attached hydrogen (secondary N) is 2. The Balaban J connectivity index is 1.80. The van der Waals surface area contributed by atoms with E-state index in [0.717, 1.165) is 35.0 Å². The molecule has 0 atom stereocenters. The fourth-order valence-corrected chi connectivity index (χ4v) is 4.74. The lowest BCUT2D eigenvalue weighted by Crippen LogP contribution is -2.40. The van der Waals surface area contributed by atoms with Gasteiger partial charge in [-0.3, -0.25) is 19.5 Å². The van der Waals surface area contributed by atoms with Crippen LogP contribution in [0.2, 0.25) is 0 Å². The number of benzene rings is 1. The van der Waals surface area contributed by atoms with E-state index in [9.17, 15) is 14.4 Å². The van der Waals surface area contributed by atoms with Crippen molar-refractivity contribution >= 4 is 45.3 Å². The van der Waals surface area contributed by atoms with Crippen LogP contribution < -0.4 is 16.2 Å². The molecule has 0 aliphatic rings. The molecule has 2 N–H and O–H groups in total. The van der Waals surface area contributed by atoms with E-state index in [4.69, 9.17) is 0 Å². The molecule has 0 spiro atoms. The second-order valence-corrected chi connectivity index (χ2v) is 8.71. The quantitative estimate of drug-likeness (QED) is 0.219. The molecule has 2 heterocycles. The van der Waals surface area contributed by atoms with Gasteiger partial charge in [-0.25, -0.2) is 9.78 Å². The van der Waals surface area contributed by atoms with E-state index in [2.05, 4.69) is 22.2 Å². The minimum Gasteiger partial charge on any atom is -0.338 e. The fraction of sp³-hybridized carbons (Fsp3) is 0.273. The van der Waals surface area contributed by atoms with Gasteiger partial charge in [-0.15, -0.1) is 17.9 Å². The van der Waals surface area contributed by atoms with Crippen LogP contribution in [0.5, 0.6) is 0 Å². The molecule has 0 unspecified atom stereocenters. The van der Waals surface area contributed by atoms with Crippen LogP contribution in [0.1, 0.15) is 19.8 Å². The van der Waals surface area contributed by atoms with Crippen molar-refractivity contribution < 1.29 is 9.59 Å². The number of amides is 3. The number of aromatic nitrogens is 2. The fourth-order valence-electron chi connectivity index (χ4n) is 2.86. The Hall–Kier alpha value is -2.91. The van der Waals surface area contributed by atoms with Crippen molar-refractivity contribution in [1.82, 2.24) is 20.2 Å². The summed E-state index contributed by atoms with van der Waals surface area (Å²) in [6.07, 6.45) is 3.42. The molecule has 0 aliphatic carbocycles. The molecule has 2 aromatic heterocycles. The van der Waals surface area contributed by atoms with Crippen molar-refractivity contribution in [2.45, 2.75) is 31.5 Å². The zero-order valence-corrected chi connectivity index (χ0v) is 18.9. The Bertz CT molecular complexity index is 1140. The monoisotopic (exact) mass is 456 g/mol. The van der Waals surface area contributed by atoms with Gasteiger partial charge in [0.05, 0.1) is 11.1 Å². The molecule has 0 radical (unpaired) electrons. The number of hydrogen-bond acceptors (Lipinski definition) is 6. The number of thiophene rings is 1. The van der Waals surface area contributed by atoms with Gasteiger partial charge < -0.3 is 5.32 Å². The zero-order chi connectivity index (χ0) is 22.2. The molecule has 31 heavy (non-hydrogen) atoms. The maximum absolute atomic E-state index is 13.1. The average molecular weight is 457 g/mol. The number of hydrogen-bond donors (Lipinski definition) is 2. The van der Waals surface area contributed by atoms with Gasteiger partial charge in [0.25, 0.3) is 5.56 Å². The lowest BCUT2D eigenvalue weighted by molar-refractivity contribution is -0.117. The number of thioether (sulfide) groups is 1. The Labute approximate surface area is 188 Å². The number of allylic oxidation sites excluding steroid dienone is 1. The molecule has 0 saturated heterocycles. The van der Waals surface area contributed by atoms with Crippen molar-refractivity contribution in [1.29, 1.82) is 0 Å². The highest BCUT2D eigenvalue weighted by Crippen LogP contribution is 2.32. The first-order valence-electron chi connectivity index (χ1n) is 9.94. The Morgan fingerprint density at radius 3 is 2.77 bits per heavy atom. The minimum atomic E-state index is -0.517. The van der Waals surface area contributed by atoms with Crippen molar-refractivity contribution in [2.75, 3.05) is 12.3 Å². The topological polar surface area (TPSA) is 93.1 Å². The maximum Gasteiger partial charge on any atom is 0.321 e. The number of imide groups is 1. The summed E-state index contributed by atoms with van der Waals surface area (Å²) in [5, 5.41) is 5.88. The number of unbranched alkanes of at least 4 members (excludes halogenated alkanes) is 1. The molecule has 3 rings (SSSR count). The Morgan fingerprint density at radius 2 is 2.06 bits per heavy atom. The largest absolute Gasteiger partial charge is 0.338 e. The number of carbonyl (C=O) groups excluding carboxylic acids is 2. The Kier molecular flexibility index (Phi) is 8.02. The first-order valence-corrected chi connectivity index (χ1v) is 11.7. The normalized spacial score (nSPS) is 10.7. The van der Waals surface area contributed by atoms with E-state index < -0.39 is 11.9 Å². The van der Waals surface area contributed by atoms with Crippen LogP contribution in [0.15, 0.2) is 59.0 Å². The maximum atomic E-state index is 13.1. The van der Waals surface area contributed by atoms with Gasteiger partial charge in [-0.2, -0.15) is 0 Å². The lowest BCUT2D eigenvalue weighted by Gasteiger charge is -2.10. The van der Waals surface area contributed by atoms with E-state index in [-0.39, 0.29) is 17.9 Å². The summed E-state index contributed by atoms with van der Waals surface area (Å²) in [6.45, 7) is 6.53. The van der Waals surface area contributed by atoms with Gasteiger partial charge in [-0.05, 0) is 18.1 Å². The van der Waals surface area contributed by atoms with E-state index >= 15 is 0 Å². The van der Waals surface area contributed by atoms with E-state index in [1.54, 1.807) is 6.08 Å². The number of fused-ring (bicyclic) bond motifs is 1. The molecule has 9 heteroatoms. The van der Waals surface area contributed by atoms with Crippen LogP contribution in [-0.2, 0) is 11.3 Å². The van der Waals surface area contributed by atoms with Crippen LogP contribution in [-0.4, -0.2) is 33.8 Å². The summed E-state index contributed by atoms with van der Waals surface area (Å²) in [7, 11) is 0. The first-order chi connectivity index (χ1) is 15.0. The summed E-state index contributed by atoms with van der Waals surface area (Å²) in [5.74, 6) is -0.484. The number of urea groups is 1. The molecule has 3 aromatic rings. The van der Waals surface area contributed by atoms with Gasteiger partial charge in [0, 0.05) is 18.0 Å². The minimum absolute atomic E-state index is 0.0345. The van der Waals surface area contributed by atoms with E-state index in [1.165, 1.54) is 15.9 Å². The van der Waals surface area contributed by atoms with Gasteiger partial charge in [0.15, 0.2) is 5.16 Å². The molecule has 3 amide bonds. The summed E-state index contributed by atoms with van der Waals surface area (Å²) in [6, 6.07) is 11.1. The SMILES string of the molecule is C=CCn1c(SCC(=O)NC(=O)NCCCC)nc2sc(-c3ccccc3)cc2c1=O. The van der Waals surface area contributed by atoms with Gasteiger partial charge in [0.2, 0.25) is 5.91 Å². The highest BCUT2D eigenvalue weighted by molar-refractivity contribution is 7.99. The predicted octanol–water partition coefficient (Wildman–Crippen LogP) is 4.03. The van der Waals surface area contributed by atoms with Crippen molar-refractivity contribution in [3.05, 3.63) is 59.4 Å². The van der Waals surface area contributed by atoms with Crippen LogP contribution >= 0.6 is 23.1 Å². The first kappa shape index (κ1) is 22.8. The molecular weight excluding hydrogens is 432 g/mol. The molecule has 0 saturated carbocycles. The molecule has 7 nitrogen and oxygen atoms in total. The van der Waals surface area contributed by atoms with Crippen molar-refractivity contribution in [3.8, 4) is 10.4 Å². The summed E-state index contributed by atoms with van der Waals surface area (Å²) >= 11 is 2.55. The van der Waals surface area contributed by atoms with Crippen molar-refractivity contribution in [3.63, 3.8) is 0 Å². The van der Waals surface area contributed by atoms with Gasteiger partial charge in [-0.1, -0.05) is 61.5 Å². The number of nitrogens with zero attached hydrogens (tertiary/aromatic N) is 2. The molecule has 0 fully saturated rings. The van der Waals surface area contributed by atoms with E-state index in [0.29, 0.717) is 21.9 Å². The average Bonchev–Trinajstić information content (AvgIpc) is 3.20. The third-order valence-electron chi connectivity index (χ3n) is 4.39. The molecule has 0 aliphatic heterocycles. The van der Waals surface area contributed by atoms with Crippen LogP contribution in [0.25, 0.3) is 20.7 Å². The lowest BCUT2D eigenvalue weighted by atomic mass is 10.2. The second-order valence-electron chi connectivity index (χ2n) is 6.74. The Morgan fingerprint density at radius 1 is 1.29 bits per heavy atom. The van der Waals surface area contributed by atoms with E-state index in [1.807, 2.05) is 43.3 Å². The number of carbonyl (C=O) groups is 2. The van der Waals surface area contributed by atoms with Crippen molar-refractivity contribution in [2.24, 2.45) is 0 Å². The molecule has 0 bridgehead atoms. The highest BCUT2D eigenvalue weighted by atomic mass is 32.2.